The van der Waals surface area contributed by atoms with Crippen molar-refractivity contribution in [3.05, 3.63) is 72.3 Å². The molecule has 2 N–H and O–H groups in total. The minimum atomic E-state index is -3.96. The van der Waals surface area contributed by atoms with Gasteiger partial charge in [0.1, 0.15) is 22.5 Å². The van der Waals surface area contributed by atoms with Gasteiger partial charge in [0, 0.05) is 31.2 Å². The SMILES string of the molecule is COc1ccc(NC(=O)N(C)C[C@H]2Oc3cc(-c4ccc(C)cc4)ccc3S(=O)(=O)N([C@H](C)CO)C[C@H]2C)cc1. The summed E-state index contributed by atoms with van der Waals surface area (Å²) in [5, 5.41) is 12.7. The van der Waals surface area contributed by atoms with Crippen LogP contribution in [0.1, 0.15) is 19.4 Å². The maximum absolute atomic E-state index is 13.8. The molecule has 0 spiro atoms. The van der Waals surface area contributed by atoms with E-state index in [1.165, 1.54) is 9.21 Å². The van der Waals surface area contributed by atoms with Crippen molar-refractivity contribution in [2.45, 2.75) is 37.8 Å². The Morgan fingerprint density at radius 2 is 1.77 bits per heavy atom. The first-order valence-corrected chi connectivity index (χ1v) is 14.6. The zero-order chi connectivity index (χ0) is 29.0. The molecule has 9 nitrogen and oxygen atoms in total. The smallest absolute Gasteiger partial charge is 0.321 e. The van der Waals surface area contributed by atoms with E-state index < -0.39 is 22.2 Å². The molecule has 3 aromatic carbocycles. The number of amides is 2. The van der Waals surface area contributed by atoms with Crippen LogP contribution >= 0.6 is 0 Å². The number of aliphatic hydroxyl groups is 1. The third-order valence-electron chi connectivity index (χ3n) is 7.19. The topological polar surface area (TPSA) is 108 Å². The number of fused-ring (bicyclic) bond motifs is 1. The minimum absolute atomic E-state index is 0.0332. The Labute approximate surface area is 236 Å². The molecule has 0 aliphatic carbocycles. The second kappa shape index (κ2) is 12.3. The number of sulfonamides is 1. The quantitative estimate of drug-likeness (QED) is 0.432. The highest BCUT2D eigenvalue weighted by atomic mass is 32.2. The van der Waals surface area contributed by atoms with E-state index in [1.54, 1.807) is 63.5 Å². The van der Waals surface area contributed by atoms with Gasteiger partial charge in [-0.2, -0.15) is 4.31 Å². The van der Waals surface area contributed by atoms with Gasteiger partial charge in [-0.15, -0.1) is 0 Å². The zero-order valence-electron chi connectivity index (χ0n) is 23.5. The molecule has 0 saturated heterocycles. The number of anilines is 1. The molecule has 1 aliphatic heterocycles. The van der Waals surface area contributed by atoms with Crippen molar-refractivity contribution in [3.8, 4) is 22.6 Å². The Morgan fingerprint density at radius 3 is 2.40 bits per heavy atom. The number of nitrogens with one attached hydrogen (secondary N) is 1. The summed E-state index contributed by atoms with van der Waals surface area (Å²) in [4.78, 5) is 14.6. The molecule has 40 heavy (non-hydrogen) atoms. The number of benzene rings is 3. The van der Waals surface area contributed by atoms with Crippen LogP contribution in [-0.2, 0) is 10.0 Å². The highest BCUT2D eigenvalue weighted by Crippen LogP contribution is 2.36. The molecule has 3 aromatic rings. The van der Waals surface area contributed by atoms with E-state index in [0.29, 0.717) is 11.4 Å². The van der Waals surface area contributed by atoms with Gasteiger partial charge >= 0.3 is 6.03 Å². The average molecular weight is 568 g/mol. The van der Waals surface area contributed by atoms with Gasteiger partial charge in [-0.05, 0) is 61.4 Å². The van der Waals surface area contributed by atoms with Crippen molar-refractivity contribution in [2.75, 3.05) is 39.2 Å². The first-order valence-electron chi connectivity index (χ1n) is 13.2. The third-order valence-corrected chi connectivity index (χ3v) is 9.21. The van der Waals surface area contributed by atoms with E-state index in [4.69, 9.17) is 9.47 Å². The highest BCUT2D eigenvalue weighted by molar-refractivity contribution is 7.89. The van der Waals surface area contributed by atoms with E-state index in [2.05, 4.69) is 5.32 Å². The number of methoxy groups -OCH3 is 1. The molecule has 2 amide bonds. The molecule has 4 rings (SSSR count). The molecule has 0 aromatic heterocycles. The number of nitrogens with zero attached hydrogens (tertiary/aromatic N) is 2. The Kier molecular flexibility index (Phi) is 9.02. The van der Waals surface area contributed by atoms with Crippen molar-refractivity contribution in [2.24, 2.45) is 5.92 Å². The maximum atomic E-state index is 13.8. The summed E-state index contributed by atoms with van der Waals surface area (Å²) in [6, 6.07) is 19.1. The van der Waals surface area contributed by atoms with Crippen LogP contribution < -0.4 is 14.8 Å². The van der Waals surface area contributed by atoms with Crippen LogP contribution in [0.5, 0.6) is 11.5 Å². The van der Waals surface area contributed by atoms with Crippen LogP contribution in [0.25, 0.3) is 11.1 Å². The lowest BCUT2D eigenvalue weighted by atomic mass is 10.0. The standard InChI is InChI=1S/C30H37N3O6S/c1-20-6-8-23(9-7-20)24-10-15-29-27(16-24)39-28(21(2)17-33(22(3)19-34)40(29,36)37)18-32(4)30(35)31-25-11-13-26(38-5)14-12-25/h6-16,21-22,28,34H,17-19H2,1-5H3,(H,31,35)/t21-,22-,28-/m1/s1. The second-order valence-corrected chi connectivity index (χ2v) is 12.2. The number of aliphatic hydroxyl groups excluding tert-OH is 1. The summed E-state index contributed by atoms with van der Waals surface area (Å²) < 4.78 is 40.4. The van der Waals surface area contributed by atoms with Crippen molar-refractivity contribution in [3.63, 3.8) is 0 Å². The lowest BCUT2D eigenvalue weighted by molar-refractivity contribution is 0.0830. The van der Waals surface area contributed by atoms with Gasteiger partial charge in [-0.25, -0.2) is 13.2 Å². The average Bonchev–Trinajstić information content (AvgIpc) is 2.95. The van der Waals surface area contributed by atoms with Gasteiger partial charge in [0.25, 0.3) is 0 Å². The van der Waals surface area contributed by atoms with Gasteiger partial charge in [0.05, 0.1) is 20.3 Å². The van der Waals surface area contributed by atoms with Crippen molar-refractivity contribution >= 4 is 21.7 Å². The minimum Gasteiger partial charge on any atom is -0.497 e. The molecular formula is C30H37N3O6S. The number of ether oxygens (including phenoxy) is 2. The molecule has 10 heteroatoms. The summed E-state index contributed by atoms with van der Waals surface area (Å²) in [5.41, 5.74) is 3.48. The zero-order valence-corrected chi connectivity index (χ0v) is 24.3. The highest BCUT2D eigenvalue weighted by Gasteiger charge is 2.38. The van der Waals surface area contributed by atoms with E-state index in [1.807, 2.05) is 38.1 Å². The van der Waals surface area contributed by atoms with Crippen LogP contribution in [0.4, 0.5) is 10.5 Å². The molecule has 0 fully saturated rings. The molecule has 214 valence electrons. The summed E-state index contributed by atoms with van der Waals surface area (Å²) in [5.74, 6) is 0.605. The Hall–Kier alpha value is -3.60. The van der Waals surface area contributed by atoms with Crippen LogP contribution in [0.3, 0.4) is 0 Å². The van der Waals surface area contributed by atoms with E-state index in [0.717, 1.165) is 16.7 Å². The molecular weight excluding hydrogens is 530 g/mol. The maximum Gasteiger partial charge on any atom is 0.321 e. The molecule has 3 atom stereocenters. The number of aryl methyl sites for hydroxylation is 1. The summed E-state index contributed by atoms with van der Waals surface area (Å²) in [6.07, 6.45) is -0.525. The molecule has 1 heterocycles. The number of carbonyl (C=O) groups excluding carboxylic acids is 1. The molecule has 0 saturated carbocycles. The fraction of sp³-hybridized carbons (Fsp3) is 0.367. The Morgan fingerprint density at radius 1 is 1.12 bits per heavy atom. The Bertz CT molecular complexity index is 1430. The number of carbonyl (C=O) groups is 1. The number of hydrogen-bond donors (Lipinski definition) is 2. The number of rotatable bonds is 7. The normalized spacial score (nSPS) is 19.4. The lowest BCUT2D eigenvalue weighted by Gasteiger charge is -2.37. The van der Waals surface area contributed by atoms with Crippen LogP contribution in [0.2, 0.25) is 0 Å². The Balaban J connectivity index is 1.66. The predicted octanol–water partition coefficient (Wildman–Crippen LogP) is 4.60. The number of likely N-dealkylation sites (N-methyl/N-ethyl adjacent to an activating group) is 1. The lowest BCUT2D eigenvalue weighted by Crippen LogP contribution is -2.50. The van der Waals surface area contributed by atoms with Crippen molar-refractivity contribution in [1.82, 2.24) is 9.21 Å². The fourth-order valence-electron chi connectivity index (χ4n) is 4.62. The van der Waals surface area contributed by atoms with Gasteiger partial charge in [-0.1, -0.05) is 42.8 Å². The molecule has 0 unspecified atom stereocenters. The summed E-state index contributed by atoms with van der Waals surface area (Å²) in [6.45, 7) is 5.58. The number of urea groups is 1. The van der Waals surface area contributed by atoms with E-state index >= 15 is 0 Å². The predicted molar refractivity (Wildman–Crippen MR) is 155 cm³/mol. The third kappa shape index (κ3) is 6.41. The van der Waals surface area contributed by atoms with Crippen LogP contribution in [0, 0.1) is 12.8 Å². The van der Waals surface area contributed by atoms with Crippen molar-refractivity contribution in [1.29, 1.82) is 0 Å². The van der Waals surface area contributed by atoms with Crippen LogP contribution in [-0.4, -0.2) is 74.8 Å². The second-order valence-electron chi connectivity index (χ2n) is 10.3. The number of hydrogen-bond acceptors (Lipinski definition) is 6. The van der Waals surface area contributed by atoms with E-state index in [9.17, 15) is 18.3 Å². The molecule has 0 radical (unpaired) electrons. The largest absolute Gasteiger partial charge is 0.497 e. The van der Waals surface area contributed by atoms with Gasteiger partial charge in [0.15, 0.2) is 0 Å². The monoisotopic (exact) mass is 567 g/mol. The summed E-state index contributed by atoms with van der Waals surface area (Å²) >= 11 is 0. The first kappa shape index (κ1) is 29.4. The van der Waals surface area contributed by atoms with E-state index in [-0.39, 0.29) is 42.3 Å². The molecule has 1 aliphatic rings. The van der Waals surface area contributed by atoms with Crippen LogP contribution in [0.15, 0.2) is 71.6 Å². The first-order chi connectivity index (χ1) is 19.0. The van der Waals surface area contributed by atoms with Gasteiger partial charge in [0.2, 0.25) is 10.0 Å². The van der Waals surface area contributed by atoms with Gasteiger partial charge < -0.3 is 24.8 Å². The summed E-state index contributed by atoms with van der Waals surface area (Å²) in [7, 11) is -0.717. The molecule has 0 bridgehead atoms. The van der Waals surface area contributed by atoms with Crippen molar-refractivity contribution < 1.29 is 27.8 Å². The fourth-order valence-corrected chi connectivity index (χ4v) is 6.44. The van der Waals surface area contributed by atoms with Gasteiger partial charge in [-0.3, -0.25) is 0 Å².